The fourth-order valence-electron chi connectivity index (χ4n) is 1.64. The third kappa shape index (κ3) is 2.93. The van der Waals surface area contributed by atoms with Crippen LogP contribution in [0.4, 0.5) is 17.6 Å². The van der Waals surface area contributed by atoms with Gasteiger partial charge in [-0.2, -0.15) is 13.2 Å². The zero-order valence-electron chi connectivity index (χ0n) is 8.23. The first-order valence-electron chi connectivity index (χ1n) is 4.91. The van der Waals surface area contributed by atoms with Crippen LogP contribution in [0.2, 0.25) is 0 Å². The summed E-state index contributed by atoms with van der Waals surface area (Å²) in [6.07, 6.45) is 0.0925. The first-order valence-corrected chi connectivity index (χ1v) is 4.91. The molecular weight excluding hydrogens is 212 g/mol. The van der Waals surface area contributed by atoms with Crippen LogP contribution < -0.4 is 0 Å². The Bertz CT molecular complexity index is 236. The lowest BCUT2D eigenvalue weighted by atomic mass is 9.92. The summed E-state index contributed by atoms with van der Waals surface area (Å²) < 4.78 is 49.0. The zero-order valence-corrected chi connectivity index (χ0v) is 8.23. The van der Waals surface area contributed by atoms with Crippen LogP contribution in [-0.4, -0.2) is 23.6 Å². The van der Waals surface area contributed by atoms with Crippen LogP contribution in [0.25, 0.3) is 0 Å². The molecule has 0 aliphatic heterocycles. The average Bonchev–Trinajstić information content (AvgIpc) is 2.64. The molecule has 0 heterocycles. The number of aliphatic hydroxyl groups is 1. The molecule has 1 aliphatic carbocycles. The Morgan fingerprint density at radius 3 is 2.40 bits per heavy atom. The summed E-state index contributed by atoms with van der Waals surface area (Å²) in [7, 11) is 0. The molecule has 0 spiro atoms. The highest BCUT2D eigenvalue weighted by molar-refractivity contribution is 4.97. The third-order valence-corrected chi connectivity index (χ3v) is 2.79. The summed E-state index contributed by atoms with van der Waals surface area (Å²) in [5.74, 6) is 0.0467. The van der Waals surface area contributed by atoms with E-state index in [-0.39, 0.29) is 12.3 Å². The van der Waals surface area contributed by atoms with Crippen LogP contribution in [0.3, 0.4) is 0 Å². The van der Waals surface area contributed by atoms with Gasteiger partial charge < -0.3 is 5.11 Å². The van der Waals surface area contributed by atoms with Gasteiger partial charge in [0, 0.05) is 0 Å². The van der Waals surface area contributed by atoms with E-state index in [4.69, 9.17) is 5.11 Å². The molecule has 1 aliphatic rings. The average molecular weight is 226 g/mol. The van der Waals surface area contributed by atoms with Crippen molar-refractivity contribution >= 4 is 0 Å². The van der Waals surface area contributed by atoms with Crippen LogP contribution in [0.1, 0.15) is 25.7 Å². The van der Waals surface area contributed by atoms with Crippen LogP contribution in [0, 0.1) is 5.92 Å². The van der Waals surface area contributed by atoms with Gasteiger partial charge >= 0.3 is 6.18 Å². The largest absolute Gasteiger partial charge is 0.419 e. The van der Waals surface area contributed by atoms with Crippen molar-refractivity contribution in [2.45, 2.75) is 37.5 Å². The first-order chi connectivity index (χ1) is 6.89. The molecule has 2 unspecified atom stereocenters. The molecule has 15 heavy (non-hydrogen) atoms. The Balaban J connectivity index is 2.49. The van der Waals surface area contributed by atoms with Gasteiger partial charge in [0.25, 0.3) is 0 Å². The summed E-state index contributed by atoms with van der Waals surface area (Å²) in [5, 5.41) is 9.09. The van der Waals surface area contributed by atoms with Gasteiger partial charge in [-0.3, -0.25) is 0 Å². The number of hydrogen-bond donors (Lipinski definition) is 1. The Labute approximate surface area is 85.8 Å². The van der Waals surface area contributed by atoms with Crippen molar-refractivity contribution in [2.75, 3.05) is 6.67 Å². The van der Waals surface area contributed by atoms with Crippen molar-refractivity contribution in [3.05, 3.63) is 12.2 Å². The maximum absolute atomic E-state index is 12.3. The summed E-state index contributed by atoms with van der Waals surface area (Å²) >= 11 is 0. The second-order valence-corrected chi connectivity index (χ2v) is 3.97. The lowest BCUT2D eigenvalue weighted by molar-refractivity contribution is -0.267. The van der Waals surface area contributed by atoms with Crippen LogP contribution in [0.5, 0.6) is 0 Å². The van der Waals surface area contributed by atoms with Gasteiger partial charge in [-0.15, -0.1) is 0 Å². The molecule has 2 atom stereocenters. The van der Waals surface area contributed by atoms with Crippen molar-refractivity contribution in [3.8, 4) is 0 Å². The van der Waals surface area contributed by atoms with E-state index in [9.17, 15) is 17.6 Å². The van der Waals surface area contributed by atoms with E-state index < -0.39 is 24.9 Å². The minimum Gasteiger partial charge on any atom is -0.378 e. The maximum atomic E-state index is 12.3. The van der Waals surface area contributed by atoms with Gasteiger partial charge in [0.05, 0.1) is 0 Å². The molecule has 0 aromatic carbocycles. The number of alkyl halides is 4. The highest BCUT2D eigenvalue weighted by Crippen LogP contribution is 2.36. The van der Waals surface area contributed by atoms with Crippen molar-refractivity contribution in [3.63, 3.8) is 0 Å². The SMILES string of the molecule is OC(CF)(CCC1C=CCC1)C(F)(F)F. The van der Waals surface area contributed by atoms with Gasteiger partial charge in [0.15, 0.2) is 5.60 Å². The lowest BCUT2D eigenvalue weighted by Gasteiger charge is -2.28. The molecule has 0 saturated carbocycles. The van der Waals surface area contributed by atoms with Crippen LogP contribution >= 0.6 is 0 Å². The first kappa shape index (κ1) is 12.5. The quantitative estimate of drug-likeness (QED) is 0.577. The topological polar surface area (TPSA) is 20.2 Å². The third-order valence-electron chi connectivity index (χ3n) is 2.79. The summed E-state index contributed by atoms with van der Waals surface area (Å²) in [4.78, 5) is 0. The fourth-order valence-corrected chi connectivity index (χ4v) is 1.64. The van der Waals surface area contributed by atoms with Gasteiger partial charge in [0.2, 0.25) is 0 Å². The second-order valence-electron chi connectivity index (χ2n) is 3.97. The van der Waals surface area contributed by atoms with Gasteiger partial charge in [-0.1, -0.05) is 12.2 Å². The predicted molar refractivity (Wildman–Crippen MR) is 48.1 cm³/mol. The summed E-state index contributed by atoms with van der Waals surface area (Å²) in [6, 6.07) is 0. The van der Waals surface area contributed by atoms with E-state index in [1.54, 1.807) is 0 Å². The second kappa shape index (κ2) is 4.51. The molecular formula is C10H14F4O. The molecule has 5 heteroatoms. The van der Waals surface area contributed by atoms with E-state index in [0.717, 1.165) is 12.8 Å². The van der Waals surface area contributed by atoms with E-state index in [1.165, 1.54) is 0 Å². The van der Waals surface area contributed by atoms with Gasteiger partial charge in [-0.05, 0) is 31.6 Å². The summed E-state index contributed by atoms with van der Waals surface area (Å²) in [5.41, 5.74) is -3.16. The molecule has 0 fully saturated rings. The van der Waals surface area contributed by atoms with Gasteiger partial charge in [-0.25, -0.2) is 4.39 Å². The molecule has 1 rings (SSSR count). The highest BCUT2D eigenvalue weighted by Gasteiger charge is 2.53. The fraction of sp³-hybridized carbons (Fsp3) is 0.800. The molecule has 0 aromatic heterocycles. The molecule has 0 amide bonds. The molecule has 1 N–H and O–H groups in total. The smallest absolute Gasteiger partial charge is 0.378 e. The molecule has 0 saturated heterocycles. The minimum absolute atomic E-state index is 0.0467. The lowest BCUT2D eigenvalue weighted by Crippen LogP contribution is -2.47. The van der Waals surface area contributed by atoms with Crippen molar-refractivity contribution in [2.24, 2.45) is 5.92 Å². The predicted octanol–water partition coefficient (Wildman–Crippen LogP) is 3.00. The van der Waals surface area contributed by atoms with Crippen LogP contribution in [-0.2, 0) is 0 Å². The maximum Gasteiger partial charge on any atom is 0.419 e. The number of hydrogen-bond acceptors (Lipinski definition) is 1. The normalized spacial score (nSPS) is 25.5. The van der Waals surface area contributed by atoms with E-state index in [1.807, 2.05) is 12.2 Å². The number of allylic oxidation sites excluding steroid dienone is 2. The van der Waals surface area contributed by atoms with E-state index in [0.29, 0.717) is 0 Å². The monoisotopic (exact) mass is 226 g/mol. The van der Waals surface area contributed by atoms with Crippen molar-refractivity contribution in [1.82, 2.24) is 0 Å². The Kier molecular flexibility index (Phi) is 3.76. The Morgan fingerprint density at radius 2 is 2.00 bits per heavy atom. The zero-order chi connectivity index (χ0) is 11.5. The summed E-state index contributed by atoms with van der Waals surface area (Å²) in [6.45, 7) is -1.77. The molecule has 0 aromatic rings. The molecule has 88 valence electrons. The molecule has 0 bridgehead atoms. The molecule has 0 radical (unpaired) electrons. The standard InChI is InChI=1S/C10H14F4O/c11-7-9(15,10(12,13)14)6-5-8-3-1-2-4-8/h1,3,8,15H,2,4-7H2. The van der Waals surface area contributed by atoms with Crippen LogP contribution in [0.15, 0.2) is 12.2 Å². The van der Waals surface area contributed by atoms with Crippen molar-refractivity contribution in [1.29, 1.82) is 0 Å². The Morgan fingerprint density at radius 1 is 1.33 bits per heavy atom. The number of halogens is 4. The van der Waals surface area contributed by atoms with E-state index in [2.05, 4.69) is 0 Å². The van der Waals surface area contributed by atoms with Crippen molar-refractivity contribution < 1.29 is 22.7 Å². The Hall–Kier alpha value is -0.580. The highest BCUT2D eigenvalue weighted by atomic mass is 19.4. The molecule has 1 nitrogen and oxygen atoms in total. The van der Waals surface area contributed by atoms with E-state index >= 15 is 0 Å². The minimum atomic E-state index is -4.88. The van der Waals surface area contributed by atoms with Gasteiger partial charge in [0.1, 0.15) is 6.67 Å². The number of rotatable bonds is 4.